The van der Waals surface area contributed by atoms with Crippen LogP contribution in [-0.2, 0) is 9.47 Å². The lowest BCUT2D eigenvalue weighted by molar-refractivity contribution is -0.302. The van der Waals surface area contributed by atoms with Crippen molar-refractivity contribution in [2.45, 2.75) is 95.1 Å². The van der Waals surface area contributed by atoms with Gasteiger partial charge in [0, 0.05) is 13.0 Å². The van der Waals surface area contributed by atoms with Gasteiger partial charge in [-0.25, -0.2) is 0 Å². The van der Waals surface area contributed by atoms with Crippen LogP contribution < -0.4 is 0 Å². The molecule has 0 radical (unpaired) electrons. The fourth-order valence-corrected chi connectivity index (χ4v) is 3.70. The Morgan fingerprint density at radius 2 is 1.88 bits per heavy atom. The summed E-state index contributed by atoms with van der Waals surface area (Å²) in [6.45, 7) is 3.69. The average molecular weight is 344 g/mol. The minimum Gasteiger partial charge on any atom is -0.396 e. The van der Waals surface area contributed by atoms with Crippen LogP contribution in [0.3, 0.4) is 0 Å². The Bertz CT molecular complexity index is 422. The molecule has 0 unspecified atom stereocenters. The lowest BCUT2D eigenvalue weighted by Crippen LogP contribution is -2.45. The van der Waals surface area contributed by atoms with Crippen molar-refractivity contribution in [1.29, 1.82) is 0 Å². The van der Waals surface area contributed by atoms with Crippen LogP contribution in [0.15, 0.2) is 11.6 Å². The maximum absolute atomic E-state index is 9.97. The first kappa shape index (κ1) is 19.8. The summed E-state index contributed by atoms with van der Waals surface area (Å²) in [6.07, 6.45) is 4.01. The van der Waals surface area contributed by atoms with Crippen LogP contribution in [0, 0.1) is 0 Å². The fourth-order valence-electron chi connectivity index (χ4n) is 3.70. The number of ether oxygens (including phenoxy) is 2. The molecule has 1 fully saturated rings. The molecule has 0 saturated carbocycles. The van der Waals surface area contributed by atoms with Gasteiger partial charge in [0.2, 0.25) is 0 Å². The molecule has 0 aromatic heterocycles. The summed E-state index contributed by atoms with van der Waals surface area (Å²) in [6, 6.07) is 0. The molecule has 24 heavy (non-hydrogen) atoms. The summed E-state index contributed by atoms with van der Waals surface area (Å²) in [5.41, 5.74) is 1.11. The molecule has 6 heteroatoms. The van der Waals surface area contributed by atoms with Crippen molar-refractivity contribution in [3.05, 3.63) is 11.6 Å². The Labute approximate surface area is 144 Å². The molecule has 0 bridgehead atoms. The van der Waals surface area contributed by atoms with Gasteiger partial charge in [-0.1, -0.05) is 11.6 Å². The summed E-state index contributed by atoms with van der Waals surface area (Å²) in [5.74, 6) is -0.726. The van der Waals surface area contributed by atoms with Gasteiger partial charge in [-0.15, -0.1) is 0 Å². The summed E-state index contributed by atoms with van der Waals surface area (Å²) in [4.78, 5) is 0. The van der Waals surface area contributed by atoms with Crippen molar-refractivity contribution in [3.63, 3.8) is 0 Å². The first-order chi connectivity index (χ1) is 11.3. The largest absolute Gasteiger partial charge is 0.396 e. The van der Waals surface area contributed by atoms with Gasteiger partial charge >= 0.3 is 0 Å². The van der Waals surface area contributed by atoms with Crippen molar-refractivity contribution >= 4 is 0 Å². The third-order valence-corrected chi connectivity index (χ3v) is 4.63. The van der Waals surface area contributed by atoms with Gasteiger partial charge < -0.3 is 29.9 Å². The number of aliphatic hydroxyl groups excluding tert-OH is 4. The van der Waals surface area contributed by atoms with Crippen molar-refractivity contribution in [1.82, 2.24) is 0 Å². The van der Waals surface area contributed by atoms with E-state index in [1.807, 2.05) is 19.9 Å². The van der Waals surface area contributed by atoms with Crippen LogP contribution in [0.25, 0.3) is 0 Å². The second-order valence-corrected chi connectivity index (χ2v) is 7.57. The Morgan fingerprint density at radius 1 is 1.17 bits per heavy atom. The normalized spacial score (nSPS) is 35.2. The fraction of sp³-hybridized carbons (Fsp3) is 0.889. The van der Waals surface area contributed by atoms with Gasteiger partial charge in [-0.05, 0) is 52.4 Å². The number of hydrogen-bond acceptors (Lipinski definition) is 6. The molecular formula is C18H32O6. The third kappa shape index (κ3) is 6.43. The van der Waals surface area contributed by atoms with Gasteiger partial charge in [-0.2, -0.15) is 0 Å². The van der Waals surface area contributed by atoms with Crippen LogP contribution >= 0.6 is 0 Å². The smallest absolute Gasteiger partial charge is 0.163 e. The lowest BCUT2D eigenvalue weighted by Gasteiger charge is -2.41. The van der Waals surface area contributed by atoms with Crippen molar-refractivity contribution in [2.75, 3.05) is 6.61 Å². The molecule has 6 nitrogen and oxygen atoms in total. The molecule has 2 aliphatic rings. The molecule has 140 valence electrons. The van der Waals surface area contributed by atoms with Gasteiger partial charge in [0.15, 0.2) is 5.79 Å². The molecule has 0 spiro atoms. The van der Waals surface area contributed by atoms with E-state index in [4.69, 9.17) is 14.6 Å². The van der Waals surface area contributed by atoms with Gasteiger partial charge in [0.1, 0.15) is 0 Å². The van der Waals surface area contributed by atoms with Crippen molar-refractivity contribution in [3.8, 4) is 0 Å². The minimum absolute atomic E-state index is 0.0374. The Balaban J connectivity index is 1.95. The first-order valence-corrected chi connectivity index (χ1v) is 8.96. The molecule has 1 aliphatic carbocycles. The van der Waals surface area contributed by atoms with Gasteiger partial charge in [0.25, 0.3) is 0 Å². The number of hydrogen-bond donors (Lipinski definition) is 4. The highest BCUT2D eigenvalue weighted by Crippen LogP contribution is 2.33. The standard InChI is InChI=1S/C18H32O6/c1-18(2)23-16(11-17(24-18)10-14(21)5-6-19)8-12-3-4-13(20)9-15(22)7-12/h3,13-17,19-22H,4-11H2,1-2H3/t13-,14+,15-,16-,17-/m0/s1. The SMILES string of the molecule is CC1(C)O[C@@H](CC2=CC[C@H](O)C[C@@H](O)C2)C[C@H](C[C@H](O)CCO)O1. The van der Waals surface area contributed by atoms with Crippen LogP contribution in [0.5, 0.6) is 0 Å². The van der Waals surface area contributed by atoms with Crippen LogP contribution in [-0.4, -0.2) is 63.3 Å². The second kappa shape index (κ2) is 8.74. The number of rotatable bonds is 6. The Morgan fingerprint density at radius 3 is 2.58 bits per heavy atom. The van der Waals surface area contributed by atoms with Crippen molar-refractivity contribution < 1.29 is 29.9 Å². The molecule has 2 rings (SSSR count). The molecule has 4 N–H and O–H groups in total. The third-order valence-electron chi connectivity index (χ3n) is 4.63. The van der Waals surface area contributed by atoms with E-state index in [-0.39, 0.29) is 18.8 Å². The summed E-state index contributed by atoms with van der Waals surface area (Å²) in [5, 5.41) is 38.6. The van der Waals surface area contributed by atoms with Gasteiger partial charge in [0.05, 0.1) is 30.5 Å². The van der Waals surface area contributed by atoms with Crippen LogP contribution in [0.1, 0.15) is 58.8 Å². The molecular weight excluding hydrogens is 312 g/mol. The van der Waals surface area contributed by atoms with Crippen LogP contribution in [0.2, 0.25) is 0 Å². The van der Waals surface area contributed by atoms with E-state index in [0.717, 1.165) is 5.57 Å². The lowest BCUT2D eigenvalue weighted by atomic mass is 9.95. The highest BCUT2D eigenvalue weighted by molar-refractivity contribution is 5.09. The van der Waals surface area contributed by atoms with Crippen LogP contribution in [0.4, 0.5) is 0 Å². The zero-order chi connectivity index (χ0) is 17.7. The zero-order valence-electron chi connectivity index (χ0n) is 14.7. The monoisotopic (exact) mass is 344 g/mol. The van der Waals surface area contributed by atoms with E-state index in [0.29, 0.717) is 44.9 Å². The topological polar surface area (TPSA) is 99.4 Å². The highest BCUT2D eigenvalue weighted by atomic mass is 16.7. The maximum atomic E-state index is 9.97. The number of aliphatic hydroxyl groups is 4. The average Bonchev–Trinajstić information content (AvgIpc) is 2.57. The molecule has 0 amide bonds. The predicted octanol–water partition coefficient (Wildman–Crippen LogP) is 1.25. The second-order valence-electron chi connectivity index (χ2n) is 7.57. The maximum Gasteiger partial charge on any atom is 0.163 e. The van der Waals surface area contributed by atoms with Gasteiger partial charge in [-0.3, -0.25) is 0 Å². The Kier molecular flexibility index (Phi) is 7.22. The van der Waals surface area contributed by atoms with E-state index < -0.39 is 24.1 Å². The van der Waals surface area contributed by atoms with E-state index in [1.165, 1.54) is 0 Å². The quantitative estimate of drug-likeness (QED) is 0.541. The molecule has 0 aromatic carbocycles. The molecule has 0 aromatic rings. The molecule has 1 aliphatic heterocycles. The molecule has 1 heterocycles. The summed E-state index contributed by atoms with van der Waals surface area (Å²) < 4.78 is 11.9. The Hall–Kier alpha value is -0.500. The molecule has 1 saturated heterocycles. The zero-order valence-corrected chi connectivity index (χ0v) is 14.7. The highest BCUT2D eigenvalue weighted by Gasteiger charge is 2.36. The minimum atomic E-state index is -0.726. The van der Waals surface area contributed by atoms with Crippen molar-refractivity contribution in [2.24, 2.45) is 0 Å². The van der Waals surface area contributed by atoms with E-state index in [2.05, 4.69) is 0 Å². The molecule has 5 atom stereocenters. The first-order valence-electron chi connectivity index (χ1n) is 8.96. The van der Waals surface area contributed by atoms with E-state index >= 15 is 0 Å². The summed E-state index contributed by atoms with van der Waals surface area (Å²) in [7, 11) is 0. The van der Waals surface area contributed by atoms with E-state index in [9.17, 15) is 15.3 Å². The summed E-state index contributed by atoms with van der Waals surface area (Å²) >= 11 is 0. The van der Waals surface area contributed by atoms with E-state index in [1.54, 1.807) is 0 Å². The predicted molar refractivity (Wildman–Crippen MR) is 89.3 cm³/mol.